The van der Waals surface area contributed by atoms with Crippen LogP contribution in [0.15, 0.2) is 18.3 Å². The Labute approximate surface area is 112 Å². The summed E-state index contributed by atoms with van der Waals surface area (Å²) in [5, 5.41) is 1.56. The molecule has 0 bridgehead atoms. The zero-order valence-electron chi connectivity index (χ0n) is 10.6. The Bertz CT molecular complexity index is 641. The molecular weight excluding hydrogens is 246 g/mol. The van der Waals surface area contributed by atoms with E-state index in [-0.39, 0.29) is 0 Å². The molecule has 18 heavy (non-hydrogen) atoms. The van der Waals surface area contributed by atoms with Gasteiger partial charge in [-0.1, -0.05) is 31.4 Å². The molecule has 0 atom stereocenters. The summed E-state index contributed by atoms with van der Waals surface area (Å²) in [5.74, 6) is 3.62. The summed E-state index contributed by atoms with van der Waals surface area (Å²) in [6.45, 7) is 4.21. The Kier molecular flexibility index (Phi) is 3.45. The molecule has 2 nitrogen and oxygen atoms in total. The molecule has 0 aliphatic heterocycles. The number of methoxy groups -OCH3 is 1. The van der Waals surface area contributed by atoms with Crippen molar-refractivity contribution in [2.45, 2.75) is 19.8 Å². The van der Waals surface area contributed by atoms with E-state index in [1.165, 1.54) is 0 Å². The molecule has 92 valence electrons. The molecule has 2 rings (SSSR count). The maximum absolute atomic E-state index is 6.17. The van der Waals surface area contributed by atoms with Gasteiger partial charge in [-0.15, -0.1) is 6.42 Å². The van der Waals surface area contributed by atoms with Crippen LogP contribution in [0.25, 0.3) is 10.9 Å². The van der Waals surface area contributed by atoms with Gasteiger partial charge in [-0.25, -0.2) is 0 Å². The van der Waals surface area contributed by atoms with Crippen molar-refractivity contribution in [3.63, 3.8) is 0 Å². The van der Waals surface area contributed by atoms with E-state index in [1.807, 2.05) is 12.1 Å². The van der Waals surface area contributed by atoms with Gasteiger partial charge in [0, 0.05) is 23.2 Å². The molecule has 1 aromatic heterocycles. The van der Waals surface area contributed by atoms with Crippen molar-refractivity contribution < 1.29 is 4.74 Å². The average molecular weight is 260 g/mol. The zero-order valence-corrected chi connectivity index (χ0v) is 11.4. The number of aromatic nitrogens is 1. The number of fused-ring (bicyclic) bond motifs is 1. The van der Waals surface area contributed by atoms with Crippen LogP contribution in [0.5, 0.6) is 5.75 Å². The maximum Gasteiger partial charge on any atom is 0.139 e. The Morgan fingerprint density at radius 2 is 2.11 bits per heavy atom. The number of benzene rings is 1. The third-order valence-corrected chi connectivity index (χ3v) is 3.21. The highest BCUT2D eigenvalue weighted by molar-refractivity contribution is 6.32. The molecule has 0 unspecified atom stereocenters. The number of hydrogen-bond acceptors (Lipinski definition) is 2. The van der Waals surface area contributed by atoms with Crippen LogP contribution in [0.3, 0.4) is 0 Å². The van der Waals surface area contributed by atoms with Gasteiger partial charge in [0.05, 0.1) is 17.6 Å². The van der Waals surface area contributed by atoms with Gasteiger partial charge < -0.3 is 4.74 Å². The van der Waals surface area contributed by atoms with Crippen LogP contribution in [-0.4, -0.2) is 12.1 Å². The van der Waals surface area contributed by atoms with Gasteiger partial charge in [0.2, 0.25) is 0 Å². The van der Waals surface area contributed by atoms with E-state index in [9.17, 15) is 0 Å². The number of pyridine rings is 1. The van der Waals surface area contributed by atoms with Gasteiger partial charge in [0.25, 0.3) is 0 Å². The van der Waals surface area contributed by atoms with Crippen LogP contribution < -0.4 is 4.74 Å². The lowest BCUT2D eigenvalue weighted by molar-refractivity contribution is 0.415. The third-order valence-electron chi connectivity index (χ3n) is 2.92. The lowest BCUT2D eigenvalue weighted by Crippen LogP contribution is -1.97. The molecule has 0 amide bonds. The van der Waals surface area contributed by atoms with Crippen LogP contribution in [0.4, 0.5) is 0 Å². The monoisotopic (exact) mass is 259 g/mol. The highest BCUT2D eigenvalue weighted by atomic mass is 35.5. The molecule has 3 heteroatoms. The summed E-state index contributed by atoms with van der Waals surface area (Å²) in [4.78, 5) is 4.36. The molecule has 1 heterocycles. The summed E-state index contributed by atoms with van der Waals surface area (Å²) >= 11 is 6.17. The van der Waals surface area contributed by atoms with E-state index < -0.39 is 0 Å². The Morgan fingerprint density at radius 1 is 1.39 bits per heavy atom. The lowest BCUT2D eigenvalue weighted by Gasteiger charge is -2.13. The molecule has 2 aromatic rings. The van der Waals surface area contributed by atoms with E-state index >= 15 is 0 Å². The normalized spacial score (nSPS) is 10.7. The van der Waals surface area contributed by atoms with Crippen molar-refractivity contribution >= 4 is 22.5 Å². The Hall–Kier alpha value is -1.72. The largest absolute Gasteiger partial charge is 0.495 e. The first-order valence-electron chi connectivity index (χ1n) is 5.71. The lowest BCUT2D eigenvalue weighted by atomic mass is 9.94. The highest BCUT2D eigenvalue weighted by Crippen LogP contribution is 2.34. The van der Waals surface area contributed by atoms with Crippen molar-refractivity contribution in [1.29, 1.82) is 0 Å². The molecule has 1 aromatic carbocycles. The summed E-state index contributed by atoms with van der Waals surface area (Å²) in [7, 11) is 1.59. The zero-order chi connectivity index (χ0) is 13.3. The second-order valence-electron chi connectivity index (χ2n) is 4.39. The van der Waals surface area contributed by atoms with Gasteiger partial charge in [0.1, 0.15) is 5.75 Å². The second kappa shape index (κ2) is 4.88. The van der Waals surface area contributed by atoms with Crippen LogP contribution in [0, 0.1) is 12.3 Å². The van der Waals surface area contributed by atoms with Gasteiger partial charge in [-0.3, -0.25) is 4.98 Å². The van der Waals surface area contributed by atoms with E-state index in [4.69, 9.17) is 22.8 Å². The molecule has 0 saturated heterocycles. The van der Waals surface area contributed by atoms with Crippen LogP contribution in [0.1, 0.15) is 30.9 Å². The van der Waals surface area contributed by atoms with E-state index in [0.717, 1.165) is 22.0 Å². The highest BCUT2D eigenvalue weighted by Gasteiger charge is 2.13. The van der Waals surface area contributed by atoms with Gasteiger partial charge in [0.15, 0.2) is 0 Å². The number of terminal acetylenes is 1. The smallest absolute Gasteiger partial charge is 0.139 e. The number of halogens is 1. The fourth-order valence-corrected chi connectivity index (χ4v) is 2.35. The molecule has 0 saturated carbocycles. The van der Waals surface area contributed by atoms with Crippen LogP contribution >= 0.6 is 11.6 Å². The Balaban J connectivity index is 2.85. The van der Waals surface area contributed by atoms with Crippen molar-refractivity contribution in [3.05, 3.63) is 34.5 Å². The summed E-state index contributed by atoms with van der Waals surface area (Å²) in [6, 6.07) is 3.71. The van der Waals surface area contributed by atoms with Crippen molar-refractivity contribution in [1.82, 2.24) is 4.98 Å². The number of hydrogen-bond donors (Lipinski definition) is 0. The SMILES string of the molecule is C#Cc1cnc2cc(OC)c(Cl)cc2c1C(C)C. The minimum absolute atomic E-state index is 0.311. The first-order valence-corrected chi connectivity index (χ1v) is 6.09. The molecule has 0 spiro atoms. The quantitative estimate of drug-likeness (QED) is 0.761. The molecule has 0 fully saturated rings. The summed E-state index contributed by atoms with van der Waals surface area (Å²) in [5.41, 5.74) is 2.77. The summed E-state index contributed by atoms with van der Waals surface area (Å²) in [6.07, 6.45) is 7.25. The van der Waals surface area contributed by atoms with Gasteiger partial charge in [-0.2, -0.15) is 0 Å². The molecule has 0 N–H and O–H groups in total. The van der Waals surface area contributed by atoms with Crippen molar-refractivity contribution in [2.75, 3.05) is 7.11 Å². The summed E-state index contributed by atoms with van der Waals surface area (Å²) < 4.78 is 5.20. The van der Waals surface area contributed by atoms with E-state index in [1.54, 1.807) is 13.3 Å². The molecule has 0 aliphatic rings. The van der Waals surface area contributed by atoms with Gasteiger partial charge in [-0.05, 0) is 17.5 Å². The second-order valence-corrected chi connectivity index (χ2v) is 4.80. The fourth-order valence-electron chi connectivity index (χ4n) is 2.11. The predicted octanol–water partition coefficient (Wildman–Crippen LogP) is 4.00. The minimum atomic E-state index is 0.311. The van der Waals surface area contributed by atoms with E-state index in [2.05, 4.69) is 24.8 Å². The number of nitrogens with zero attached hydrogens (tertiary/aromatic N) is 1. The number of ether oxygens (including phenoxy) is 1. The minimum Gasteiger partial charge on any atom is -0.495 e. The average Bonchev–Trinajstić information content (AvgIpc) is 2.36. The first-order chi connectivity index (χ1) is 8.58. The molecular formula is C15H14ClNO. The standard InChI is InChI=1S/C15H14ClNO/c1-5-10-8-17-13-7-14(18-4)12(16)6-11(13)15(10)9(2)3/h1,6-9H,2-4H3. The van der Waals surface area contributed by atoms with Gasteiger partial charge >= 0.3 is 0 Å². The van der Waals surface area contributed by atoms with Crippen LogP contribution in [-0.2, 0) is 0 Å². The van der Waals surface area contributed by atoms with E-state index in [0.29, 0.717) is 16.7 Å². The third kappa shape index (κ3) is 2.02. The van der Waals surface area contributed by atoms with Crippen molar-refractivity contribution in [2.24, 2.45) is 0 Å². The topological polar surface area (TPSA) is 22.1 Å². The fraction of sp³-hybridized carbons (Fsp3) is 0.267. The van der Waals surface area contributed by atoms with Crippen LogP contribution in [0.2, 0.25) is 5.02 Å². The predicted molar refractivity (Wildman–Crippen MR) is 75.3 cm³/mol. The molecule has 0 radical (unpaired) electrons. The molecule has 0 aliphatic carbocycles. The maximum atomic E-state index is 6.17. The van der Waals surface area contributed by atoms with Crippen molar-refractivity contribution in [3.8, 4) is 18.1 Å². The number of rotatable bonds is 2. The first kappa shape index (κ1) is 12.7. The Morgan fingerprint density at radius 3 is 2.67 bits per heavy atom.